The van der Waals surface area contributed by atoms with Gasteiger partial charge in [0, 0.05) is 0 Å². The molecule has 0 spiro atoms. The molecule has 1 aliphatic heterocycles. The fraction of sp³-hybridized carbons (Fsp3) is 0.556. The first-order chi connectivity index (χ1) is 11.1. The van der Waals surface area contributed by atoms with Gasteiger partial charge >= 0.3 is 6.03 Å². The van der Waals surface area contributed by atoms with Gasteiger partial charge in [0.05, 0.1) is 12.1 Å². The number of unbranched alkanes of at least 4 members (excludes halogenated alkanes) is 1. The van der Waals surface area contributed by atoms with Crippen LogP contribution in [0.15, 0.2) is 30.3 Å². The van der Waals surface area contributed by atoms with Crippen LogP contribution in [0.25, 0.3) is 0 Å². The van der Waals surface area contributed by atoms with Crippen LogP contribution >= 0.6 is 0 Å². The average molecular weight is 316 g/mol. The minimum absolute atomic E-state index is 0.215. The highest BCUT2D eigenvalue weighted by Gasteiger charge is 2.55. The molecular weight excluding hydrogens is 292 g/mol. The monoisotopic (exact) mass is 316 g/mol. The number of imide groups is 1. The lowest BCUT2D eigenvalue weighted by molar-refractivity contribution is -0.134. The Morgan fingerprint density at radius 2 is 2.00 bits per heavy atom. The van der Waals surface area contributed by atoms with Gasteiger partial charge in [-0.1, -0.05) is 50.1 Å². The van der Waals surface area contributed by atoms with Crippen molar-refractivity contribution < 1.29 is 14.7 Å². The Morgan fingerprint density at radius 3 is 2.61 bits per heavy atom. The number of aliphatic hydroxyl groups excluding tert-OH is 1. The fourth-order valence-electron chi connectivity index (χ4n) is 3.79. The summed E-state index contributed by atoms with van der Waals surface area (Å²) in [6.45, 7) is 2.07. The second-order valence-electron chi connectivity index (χ2n) is 6.55. The zero-order chi connectivity index (χ0) is 16.4. The van der Waals surface area contributed by atoms with Gasteiger partial charge in [0.2, 0.25) is 0 Å². The molecular formula is C18H24N2O3. The van der Waals surface area contributed by atoms with Gasteiger partial charge in [0.25, 0.3) is 5.91 Å². The maximum Gasteiger partial charge on any atom is 0.325 e. The lowest BCUT2D eigenvalue weighted by Gasteiger charge is -2.29. The average Bonchev–Trinajstić information content (AvgIpc) is 3.08. The van der Waals surface area contributed by atoms with Gasteiger partial charge in [-0.3, -0.25) is 9.69 Å². The van der Waals surface area contributed by atoms with Crippen LogP contribution in [0.5, 0.6) is 0 Å². The lowest BCUT2D eigenvalue weighted by atomic mass is 9.84. The minimum atomic E-state index is -0.989. The van der Waals surface area contributed by atoms with E-state index >= 15 is 0 Å². The highest BCUT2D eigenvalue weighted by molar-refractivity contribution is 6.07. The van der Waals surface area contributed by atoms with Crippen LogP contribution in [0.2, 0.25) is 0 Å². The Labute approximate surface area is 136 Å². The second kappa shape index (κ2) is 6.32. The number of carbonyl (C=O) groups is 2. The molecule has 1 aromatic carbocycles. The summed E-state index contributed by atoms with van der Waals surface area (Å²) in [6.07, 6.45) is 3.94. The van der Waals surface area contributed by atoms with E-state index in [4.69, 9.17) is 0 Å². The third kappa shape index (κ3) is 2.63. The van der Waals surface area contributed by atoms with Gasteiger partial charge in [-0.05, 0) is 31.2 Å². The van der Waals surface area contributed by atoms with E-state index in [-0.39, 0.29) is 11.9 Å². The molecule has 3 atom stereocenters. The van der Waals surface area contributed by atoms with E-state index in [1.807, 2.05) is 30.3 Å². The molecule has 0 radical (unpaired) electrons. The Bertz CT molecular complexity index is 589. The molecule has 1 saturated carbocycles. The van der Waals surface area contributed by atoms with Crippen molar-refractivity contribution in [2.45, 2.75) is 63.1 Å². The number of carbonyl (C=O) groups excluding carboxylic acids is 2. The number of urea groups is 1. The third-order valence-electron chi connectivity index (χ3n) is 5.07. The molecule has 124 valence electrons. The van der Waals surface area contributed by atoms with Gasteiger partial charge in [-0.25, -0.2) is 4.79 Å². The summed E-state index contributed by atoms with van der Waals surface area (Å²) < 4.78 is 0. The van der Waals surface area contributed by atoms with E-state index in [1.165, 1.54) is 4.90 Å². The standard InChI is InChI=1S/C18H24N2O3/c1-2-3-12-18(13-8-5-4-6-9-13)16(22)20(17(23)19-18)14-10-7-11-15(14)21/h4-6,8-9,14-15,21H,2-3,7,10-12H2,1H3,(H,19,23). The lowest BCUT2D eigenvalue weighted by Crippen LogP contribution is -2.47. The first kappa shape index (κ1) is 16.0. The maximum absolute atomic E-state index is 13.2. The summed E-state index contributed by atoms with van der Waals surface area (Å²) >= 11 is 0. The molecule has 1 heterocycles. The molecule has 2 aliphatic rings. The fourth-order valence-corrected chi connectivity index (χ4v) is 3.79. The molecule has 2 N–H and O–H groups in total. The predicted molar refractivity (Wildman–Crippen MR) is 86.7 cm³/mol. The zero-order valence-electron chi connectivity index (χ0n) is 13.5. The summed E-state index contributed by atoms with van der Waals surface area (Å²) in [5.74, 6) is -0.215. The number of amides is 3. The smallest absolute Gasteiger partial charge is 0.325 e. The topological polar surface area (TPSA) is 69.6 Å². The first-order valence-electron chi connectivity index (χ1n) is 8.49. The van der Waals surface area contributed by atoms with E-state index in [2.05, 4.69) is 12.2 Å². The van der Waals surface area contributed by atoms with Crippen LogP contribution in [0.4, 0.5) is 4.79 Å². The van der Waals surface area contributed by atoms with E-state index in [0.717, 1.165) is 24.8 Å². The van der Waals surface area contributed by atoms with Gasteiger partial charge in [-0.15, -0.1) is 0 Å². The highest BCUT2D eigenvalue weighted by atomic mass is 16.3. The van der Waals surface area contributed by atoms with Crippen molar-refractivity contribution in [3.63, 3.8) is 0 Å². The summed E-state index contributed by atoms with van der Waals surface area (Å²) in [7, 11) is 0. The van der Waals surface area contributed by atoms with Crippen molar-refractivity contribution in [1.29, 1.82) is 0 Å². The minimum Gasteiger partial charge on any atom is -0.391 e. The van der Waals surface area contributed by atoms with Crippen LogP contribution in [0.1, 0.15) is 51.0 Å². The van der Waals surface area contributed by atoms with Crippen molar-refractivity contribution in [2.24, 2.45) is 0 Å². The zero-order valence-corrected chi connectivity index (χ0v) is 13.5. The molecule has 1 aromatic rings. The van der Waals surface area contributed by atoms with E-state index in [1.54, 1.807) is 0 Å². The van der Waals surface area contributed by atoms with Crippen LogP contribution in [0, 0.1) is 0 Å². The largest absolute Gasteiger partial charge is 0.391 e. The molecule has 5 heteroatoms. The Balaban J connectivity index is 1.97. The molecule has 23 heavy (non-hydrogen) atoms. The number of hydrogen-bond acceptors (Lipinski definition) is 3. The highest BCUT2D eigenvalue weighted by Crippen LogP contribution is 2.37. The second-order valence-corrected chi connectivity index (χ2v) is 6.55. The number of hydrogen-bond donors (Lipinski definition) is 2. The third-order valence-corrected chi connectivity index (χ3v) is 5.07. The number of nitrogens with one attached hydrogen (secondary N) is 1. The van der Waals surface area contributed by atoms with Crippen LogP contribution in [-0.4, -0.2) is 34.1 Å². The summed E-state index contributed by atoms with van der Waals surface area (Å²) in [5.41, 5.74) is -0.168. The Hall–Kier alpha value is -1.88. The summed E-state index contributed by atoms with van der Waals surface area (Å²) in [4.78, 5) is 27.0. The molecule has 3 amide bonds. The van der Waals surface area contributed by atoms with E-state index in [0.29, 0.717) is 19.3 Å². The molecule has 3 unspecified atom stereocenters. The van der Waals surface area contributed by atoms with Crippen molar-refractivity contribution in [3.8, 4) is 0 Å². The Kier molecular flexibility index (Phi) is 4.39. The normalized spacial score (nSPS) is 30.8. The van der Waals surface area contributed by atoms with Crippen molar-refractivity contribution in [3.05, 3.63) is 35.9 Å². The SMILES string of the molecule is CCCCC1(c2ccccc2)NC(=O)N(C2CCCC2O)C1=O. The van der Waals surface area contributed by atoms with Gasteiger partial charge in [-0.2, -0.15) is 0 Å². The number of nitrogens with zero attached hydrogens (tertiary/aromatic N) is 1. The van der Waals surface area contributed by atoms with E-state index in [9.17, 15) is 14.7 Å². The van der Waals surface area contributed by atoms with Gasteiger partial charge in [0.1, 0.15) is 5.54 Å². The molecule has 5 nitrogen and oxygen atoms in total. The maximum atomic E-state index is 13.2. The molecule has 0 bridgehead atoms. The van der Waals surface area contributed by atoms with Crippen LogP contribution in [-0.2, 0) is 10.3 Å². The predicted octanol–water partition coefficient (Wildman–Crippen LogP) is 2.54. The van der Waals surface area contributed by atoms with E-state index < -0.39 is 17.7 Å². The van der Waals surface area contributed by atoms with Crippen molar-refractivity contribution in [1.82, 2.24) is 10.2 Å². The molecule has 0 aromatic heterocycles. The first-order valence-corrected chi connectivity index (χ1v) is 8.49. The quantitative estimate of drug-likeness (QED) is 0.820. The molecule has 2 fully saturated rings. The molecule has 3 rings (SSSR count). The van der Waals surface area contributed by atoms with Gasteiger partial charge in [0.15, 0.2) is 0 Å². The molecule has 1 saturated heterocycles. The number of rotatable bonds is 5. The Morgan fingerprint density at radius 1 is 1.26 bits per heavy atom. The van der Waals surface area contributed by atoms with Crippen LogP contribution < -0.4 is 5.32 Å². The summed E-state index contributed by atoms with van der Waals surface area (Å²) in [6, 6.07) is 8.68. The van der Waals surface area contributed by atoms with Crippen LogP contribution in [0.3, 0.4) is 0 Å². The van der Waals surface area contributed by atoms with Crippen molar-refractivity contribution in [2.75, 3.05) is 0 Å². The summed E-state index contributed by atoms with van der Waals surface area (Å²) in [5, 5.41) is 13.1. The van der Waals surface area contributed by atoms with Crippen molar-refractivity contribution >= 4 is 11.9 Å². The molecule has 1 aliphatic carbocycles. The number of aliphatic hydroxyl groups is 1. The number of benzene rings is 1. The van der Waals surface area contributed by atoms with Gasteiger partial charge < -0.3 is 10.4 Å².